The Morgan fingerprint density at radius 1 is 0.792 bits per heavy atom. The zero-order chi connectivity index (χ0) is 16.6. The van der Waals surface area contributed by atoms with Gasteiger partial charge in [0.15, 0.2) is 0 Å². The van der Waals surface area contributed by atoms with Crippen molar-refractivity contribution in [3.8, 4) is 0 Å². The van der Waals surface area contributed by atoms with Crippen LogP contribution in [-0.4, -0.2) is 20.9 Å². The molecule has 2 heterocycles. The lowest BCUT2D eigenvalue weighted by Crippen LogP contribution is -2.34. The van der Waals surface area contributed by atoms with E-state index in [4.69, 9.17) is 0 Å². The molecule has 0 spiro atoms. The highest BCUT2D eigenvalue weighted by Crippen LogP contribution is 2.11. The minimum atomic E-state index is -0.183. The van der Waals surface area contributed by atoms with Gasteiger partial charge in [-0.25, -0.2) is 4.79 Å². The number of pyridine rings is 2. The summed E-state index contributed by atoms with van der Waals surface area (Å²) in [5.41, 5.74) is 2.42. The van der Waals surface area contributed by atoms with Crippen LogP contribution >= 0.6 is 0 Å². The second-order valence-electron chi connectivity index (χ2n) is 5.29. The summed E-state index contributed by atoms with van der Waals surface area (Å²) in [6, 6.07) is 20.6. The van der Waals surface area contributed by atoms with Crippen LogP contribution in [0.1, 0.15) is 11.4 Å². The first-order chi connectivity index (χ1) is 11.8. The van der Waals surface area contributed by atoms with Gasteiger partial charge in [-0.15, -0.1) is 0 Å². The lowest BCUT2D eigenvalue weighted by Gasteiger charge is -2.22. The molecule has 3 aromatic rings. The van der Waals surface area contributed by atoms with Crippen LogP contribution in [0.25, 0.3) is 0 Å². The van der Waals surface area contributed by atoms with Gasteiger partial charge in [0.2, 0.25) is 0 Å². The van der Waals surface area contributed by atoms with E-state index in [2.05, 4.69) is 15.3 Å². The number of nitrogens with one attached hydrogen (secondary N) is 1. The molecule has 0 radical (unpaired) electrons. The maximum atomic E-state index is 12.7. The van der Waals surface area contributed by atoms with Gasteiger partial charge in [0.25, 0.3) is 0 Å². The van der Waals surface area contributed by atoms with Gasteiger partial charge in [0.1, 0.15) is 0 Å². The third kappa shape index (κ3) is 4.39. The van der Waals surface area contributed by atoms with Crippen LogP contribution in [0.5, 0.6) is 0 Å². The van der Waals surface area contributed by atoms with Crippen LogP contribution in [0.15, 0.2) is 79.1 Å². The number of para-hydroxylation sites is 1. The van der Waals surface area contributed by atoms with Gasteiger partial charge in [-0.3, -0.25) is 9.97 Å². The molecule has 0 aliphatic heterocycles. The fourth-order valence-electron chi connectivity index (χ4n) is 2.30. The van der Waals surface area contributed by atoms with Gasteiger partial charge in [0, 0.05) is 18.1 Å². The van der Waals surface area contributed by atoms with Crippen molar-refractivity contribution in [1.29, 1.82) is 0 Å². The molecule has 1 N–H and O–H groups in total. The van der Waals surface area contributed by atoms with Crippen LogP contribution in [0, 0.1) is 0 Å². The minimum Gasteiger partial charge on any atom is -0.313 e. The number of anilines is 1. The number of nitrogens with zero attached hydrogens (tertiary/aromatic N) is 3. The van der Waals surface area contributed by atoms with Gasteiger partial charge in [-0.2, -0.15) is 0 Å². The van der Waals surface area contributed by atoms with Crippen molar-refractivity contribution in [2.75, 3.05) is 5.32 Å². The number of amides is 2. The van der Waals surface area contributed by atoms with Crippen LogP contribution in [0.3, 0.4) is 0 Å². The smallest absolute Gasteiger partial charge is 0.313 e. The summed E-state index contributed by atoms with van der Waals surface area (Å²) in [6.45, 7) is 0.826. The van der Waals surface area contributed by atoms with E-state index < -0.39 is 0 Å². The van der Waals surface area contributed by atoms with E-state index in [1.165, 1.54) is 0 Å². The third-order valence-electron chi connectivity index (χ3n) is 3.47. The van der Waals surface area contributed by atoms with E-state index in [0.717, 1.165) is 17.1 Å². The molecule has 2 aromatic heterocycles. The molecule has 0 saturated carbocycles. The summed E-state index contributed by atoms with van der Waals surface area (Å²) < 4.78 is 0. The number of urea groups is 1. The summed E-state index contributed by atoms with van der Waals surface area (Å²) >= 11 is 0. The van der Waals surface area contributed by atoms with Gasteiger partial charge in [-0.05, 0) is 36.4 Å². The molecule has 120 valence electrons. The normalized spacial score (nSPS) is 10.2. The number of hydrogen-bond donors (Lipinski definition) is 1. The molecule has 0 unspecified atom stereocenters. The van der Waals surface area contributed by atoms with E-state index in [1.807, 2.05) is 66.7 Å². The van der Waals surface area contributed by atoms with E-state index in [1.54, 1.807) is 17.3 Å². The molecule has 0 aliphatic rings. The number of hydrogen-bond acceptors (Lipinski definition) is 3. The SMILES string of the molecule is O=C(Nc1ccccc1)N(Cc1ccccn1)Cc1ccccn1. The largest absolute Gasteiger partial charge is 0.322 e. The van der Waals surface area contributed by atoms with Gasteiger partial charge in [0.05, 0.1) is 24.5 Å². The van der Waals surface area contributed by atoms with E-state index in [0.29, 0.717) is 13.1 Å². The molecule has 0 fully saturated rings. The molecule has 5 nitrogen and oxygen atoms in total. The van der Waals surface area contributed by atoms with Crippen molar-refractivity contribution < 1.29 is 4.79 Å². The Balaban J connectivity index is 1.76. The second-order valence-corrected chi connectivity index (χ2v) is 5.29. The molecule has 2 amide bonds. The third-order valence-corrected chi connectivity index (χ3v) is 3.47. The summed E-state index contributed by atoms with van der Waals surface area (Å²) in [5.74, 6) is 0. The van der Waals surface area contributed by atoms with Crippen molar-refractivity contribution in [2.45, 2.75) is 13.1 Å². The van der Waals surface area contributed by atoms with Crippen molar-refractivity contribution in [3.05, 3.63) is 90.5 Å². The highest BCUT2D eigenvalue weighted by Gasteiger charge is 2.16. The zero-order valence-corrected chi connectivity index (χ0v) is 13.2. The maximum absolute atomic E-state index is 12.7. The highest BCUT2D eigenvalue weighted by atomic mass is 16.2. The van der Waals surface area contributed by atoms with E-state index in [9.17, 15) is 4.79 Å². The predicted octanol–water partition coefficient (Wildman–Crippen LogP) is 3.71. The van der Waals surface area contributed by atoms with Crippen LogP contribution in [0.2, 0.25) is 0 Å². The first-order valence-electron chi connectivity index (χ1n) is 7.72. The van der Waals surface area contributed by atoms with Crippen molar-refractivity contribution >= 4 is 11.7 Å². The van der Waals surface area contributed by atoms with Crippen molar-refractivity contribution in [2.24, 2.45) is 0 Å². The van der Waals surface area contributed by atoms with Gasteiger partial charge >= 0.3 is 6.03 Å². The molecule has 5 heteroatoms. The fourth-order valence-corrected chi connectivity index (χ4v) is 2.30. The molecule has 0 bridgehead atoms. The Bertz CT molecular complexity index is 722. The van der Waals surface area contributed by atoms with Crippen molar-refractivity contribution in [1.82, 2.24) is 14.9 Å². The number of carbonyl (C=O) groups is 1. The number of benzene rings is 1. The topological polar surface area (TPSA) is 58.1 Å². The number of rotatable bonds is 5. The monoisotopic (exact) mass is 318 g/mol. The average Bonchev–Trinajstić information content (AvgIpc) is 2.64. The maximum Gasteiger partial charge on any atom is 0.322 e. The molecule has 0 aliphatic carbocycles. The van der Waals surface area contributed by atoms with Gasteiger partial charge in [-0.1, -0.05) is 30.3 Å². The molecular weight excluding hydrogens is 300 g/mol. The Morgan fingerprint density at radius 3 is 1.83 bits per heavy atom. The fraction of sp³-hybridized carbons (Fsp3) is 0.105. The summed E-state index contributed by atoms with van der Waals surface area (Å²) in [6.07, 6.45) is 3.45. The highest BCUT2D eigenvalue weighted by molar-refractivity contribution is 5.89. The molecule has 1 aromatic carbocycles. The first-order valence-corrected chi connectivity index (χ1v) is 7.72. The second kappa shape index (κ2) is 7.87. The molecule has 0 saturated heterocycles. The van der Waals surface area contributed by atoms with E-state index in [-0.39, 0.29) is 6.03 Å². The summed E-state index contributed by atoms with van der Waals surface area (Å²) in [5, 5.41) is 2.91. The van der Waals surface area contributed by atoms with E-state index >= 15 is 0 Å². The quantitative estimate of drug-likeness (QED) is 0.780. The molecule has 24 heavy (non-hydrogen) atoms. The first kappa shape index (κ1) is 15.7. The Kier molecular flexibility index (Phi) is 5.14. The summed E-state index contributed by atoms with van der Waals surface area (Å²) in [4.78, 5) is 23.0. The molecule has 0 atom stereocenters. The van der Waals surface area contributed by atoms with Crippen molar-refractivity contribution in [3.63, 3.8) is 0 Å². The number of aromatic nitrogens is 2. The minimum absolute atomic E-state index is 0.183. The average molecular weight is 318 g/mol. The van der Waals surface area contributed by atoms with Crippen LogP contribution in [0.4, 0.5) is 10.5 Å². The standard InChI is InChI=1S/C19H18N4O/c24-19(22-16-8-2-1-3-9-16)23(14-17-10-4-6-12-20-17)15-18-11-5-7-13-21-18/h1-13H,14-15H2,(H,22,24). The predicted molar refractivity (Wildman–Crippen MR) is 93.2 cm³/mol. The van der Waals surface area contributed by atoms with Crippen LogP contribution in [-0.2, 0) is 13.1 Å². The molecular formula is C19H18N4O. The molecule has 3 rings (SSSR count). The Hall–Kier alpha value is -3.21. The van der Waals surface area contributed by atoms with Crippen LogP contribution < -0.4 is 5.32 Å². The summed E-state index contributed by atoms with van der Waals surface area (Å²) in [7, 11) is 0. The Labute approximate surface area is 141 Å². The Morgan fingerprint density at radius 2 is 1.33 bits per heavy atom. The van der Waals surface area contributed by atoms with Gasteiger partial charge < -0.3 is 10.2 Å². The lowest BCUT2D eigenvalue weighted by molar-refractivity contribution is 0.205. The number of carbonyl (C=O) groups excluding carboxylic acids is 1. The zero-order valence-electron chi connectivity index (χ0n) is 13.2. The lowest BCUT2D eigenvalue weighted by atomic mass is 10.3.